The molecule has 3 aromatic rings. The third kappa shape index (κ3) is 3.72. The van der Waals surface area contributed by atoms with Gasteiger partial charge in [-0.1, -0.05) is 11.6 Å². The van der Waals surface area contributed by atoms with E-state index < -0.39 is 0 Å². The number of anilines is 1. The van der Waals surface area contributed by atoms with Gasteiger partial charge in [-0.15, -0.1) is 11.3 Å². The van der Waals surface area contributed by atoms with Crippen LogP contribution >= 0.6 is 11.3 Å². The molecule has 158 valence electrons. The minimum Gasteiger partial charge on any atom is -0.493 e. The van der Waals surface area contributed by atoms with E-state index in [0.717, 1.165) is 22.6 Å². The number of carbonyl (C=O) groups is 1. The van der Waals surface area contributed by atoms with Crippen molar-refractivity contribution in [2.75, 3.05) is 26.6 Å². The number of hydrogen-bond acceptors (Lipinski definition) is 8. The summed E-state index contributed by atoms with van der Waals surface area (Å²) in [7, 11) is 4.54. The zero-order chi connectivity index (χ0) is 21.3. The van der Waals surface area contributed by atoms with Gasteiger partial charge in [0.15, 0.2) is 11.5 Å². The number of aromatic nitrogens is 2. The Labute approximate surface area is 178 Å². The highest BCUT2D eigenvalue weighted by molar-refractivity contribution is 7.16. The van der Waals surface area contributed by atoms with Crippen LogP contribution in [0.1, 0.15) is 46.3 Å². The molecule has 0 atom stereocenters. The predicted molar refractivity (Wildman–Crippen MR) is 113 cm³/mol. The number of methoxy groups -OCH3 is 3. The second-order valence-electron chi connectivity index (χ2n) is 7.03. The largest absolute Gasteiger partial charge is 0.493 e. The SMILES string of the molecule is COc1cc(C(=O)Nc2cc(-c3noc(C4CCC4)n3)sc2C)cc(OC)c1OC. The van der Waals surface area contributed by atoms with E-state index in [9.17, 15) is 4.79 Å². The first-order valence-corrected chi connectivity index (χ1v) is 10.4. The van der Waals surface area contributed by atoms with Crippen molar-refractivity contribution in [2.24, 2.45) is 0 Å². The Morgan fingerprint density at radius 2 is 1.83 bits per heavy atom. The summed E-state index contributed by atoms with van der Waals surface area (Å²) in [5.74, 6) is 2.62. The van der Waals surface area contributed by atoms with Crippen LogP contribution in [-0.2, 0) is 0 Å². The maximum absolute atomic E-state index is 12.9. The van der Waals surface area contributed by atoms with Crippen LogP contribution in [0.4, 0.5) is 5.69 Å². The minimum absolute atomic E-state index is 0.287. The van der Waals surface area contributed by atoms with E-state index in [1.807, 2.05) is 13.0 Å². The maximum Gasteiger partial charge on any atom is 0.255 e. The number of thiophene rings is 1. The molecule has 2 heterocycles. The summed E-state index contributed by atoms with van der Waals surface area (Å²) in [4.78, 5) is 19.2. The Morgan fingerprint density at radius 1 is 1.13 bits per heavy atom. The van der Waals surface area contributed by atoms with Crippen LogP contribution < -0.4 is 19.5 Å². The Bertz CT molecular complexity index is 1050. The molecule has 30 heavy (non-hydrogen) atoms. The van der Waals surface area contributed by atoms with Gasteiger partial charge in [-0.3, -0.25) is 4.79 Å². The Morgan fingerprint density at radius 3 is 2.40 bits per heavy atom. The lowest BCUT2D eigenvalue weighted by Crippen LogP contribution is -2.12. The van der Waals surface area contributed by atoms with Crippen molar-refractivity contribution in [1.82, 2.24) is 10.1 Å². The van der Waals surface area contributed by atoms with Crippen molar-refractivity contribution < 1.29 is 23.5 Å². The average molecular weight is 429 g/mol. The molecule has 2 aromatic heterocycles. The standard InChI is InChI=1S/C21H23N3O5S/c1-11-14(10-17(30-11)19-23-21(29-24-19)12-6-5-7-12)22-20(25)13-8-15(26-2)18(28-4)16(9-13)27-3/h8-10,12H,5-7H2,1-4H3,(H,22,25). The van der Waals surface area contributed by atoms with Gasteiger partial charge in [0, 0.05) is 16.4 Å². The molecule has 0 saturated heterocycles. The normalized spacial score (nSPS) is 13.6. The molecular formula is C21H23N3O5S. The third-order valence-electron chi connectivity index (χ3n) is 5.21. The number of hydrogen-bond donors (Lipinski definition) is 1. The smallest absolute Gasteiger partial charge is 0.255 e. The summed E-state index contributed by atoms with van der Waals surface area (Å²) in [6.07, 6.45) is 3.40. The lowest BCUT2D eigenvalue weighted by atomic mass is 9.85. The maximum atomic E-state index is 12.9. The van der Waals surface area contributed by atoms with Crippen molar-refractivity contribution >= 4 is 22.9 Å². The van der Waals surface area contributed by atoms with Gasteiger partial charge in [0.2, 0.25) is 17.5 Å². The molecule has 1 aliphatic rings. The lowest BCUT2D eigenvalue weighted by molar-refractivity contribution is 0.102. The second-order valence-corrected chi connectivity index (χ2v) is 8.29. The number of nitrogens with zero attached hydrogens (tertiary/aromatic N) is 2. The molecule has 1 N–H and O–H groups in total. The van der Waals surface area contributed by atoms with Gasteiger partial charge in [0.1, 0.15) is 0 Å². The minimum atomic E-state index is -0.287. The molecule has 8 nitrogen and oxygen atoms in total. The first kappa shape index (κ1) is 20.2. The number of aryl methyl sites for hydroxylation is 1. The fraction of sp³-hybridized carbons (Fsp3) is 0.381. The molecule has 9 heteroatoms. The Kier molecular flexibility index (Phi) is 5.63. The molecule has 0 bridgehead atoms. The van der Waals surface area contributed by atoms with Crippen LogP contribution in [0.25, 0.3) is 10.7 Å². The van der Waals surface area contributed by atoms with Gasteiger partial charge in [-0.05, 0) is 38.0 Å². The van der Waals surface area contributed by atoms with E-state index in [1.54, 1.807) is 12.1 Å². The molecule has 4 rings (SSSR count). The van der Waals surface area contributed by atoms with Crippen LogP contribution in [0.15, 0.2) is 22.7 Å². The first-order valence-electron chi connectivity index (χ1n) is 9.59. The molecule has 0 spiro atoms. The van der Waals surface area contributed by atoms with E-state index >= 15 is 0 Å². The van der Waals surface area contributed by atoms with E-state index in [1.165, 1.54) is 39.1 Å². The highest BCUT2D eigenvalue weighted by atomic mass is 32.1. The quantitative estimate of drug-likeness (QED) is 0.584. The van der Waals surface area contributed by atoms with Gasteiger partial charge >= 0.3 is 0 Å². The van der Waals surface area contributed by atoms with Gasteiger partial charge in [0.25, 0.3) is 5.91 Å². The number of ether oxygens (including phenoxy) is 3. The number of amides is 1. The summed E-state index contributed by atoms with van der Waals surface area (Å²) in [5.41, 5.74) is 1.09. The number of carbonyl (C=O) groups excluding carboxylic acids is 1. The highest BCUT2D eigenvalue weighted by Crippen LogP contribution is 2.40. The van der Waals surface area contributed by atoms with Crippen molar-refractivity contribution in [2.45, 2.75) is 32.1 Å². The number of nitrogens with one attached hydrogen (secondary N) is 1. The summed E-state index contributed by atoms with van der Waals surface area (Å²) in [6, 6.07) is 5.10. The van der Waals surface area contributed by atoms with Crippen molar-refractivity contribution in [3.63, 3.8) is 0 Å². The van der Waals surface area contributed by atoms with Crippen LogP contribution in [0, 0.1) is 6.92 Å². The van der Waals surface area contributed by atoms with Gasteiger partial charge in [0.05, 0.1) is 31.9 Å². The topological polar surface area (TPSA) is 95.7 Å². The summed E-state index contributed by atoms with van der Waals surface area (Å²) >= 11 is 1.51. The van der Waals surface area contributed by atoms with Crippen LogP contribution in [0.2, 0.25) is 0 Å². The van der Waals surface area contributed by atoms with E-state index in [4.69, 9.17) is 18.7 Å². The van der Waals surface area contributed by atoms with Crippen molar-refractivity contribution in [3.8, 4) is 28.0 Å². The Balaban J connectivity index is 1.56. The van der Waals surface area contributed by atoms with Crippen LogP contribution in [0.5, 0.6) is 17.2 Å². The van der Waals surface area contributed by atoms with Crippen molar-refractivity contribution in [3.05, 3.63) is 34.5 Å². The van der Waals surface area contributed by atoms with Crippen molar-refractivity contribution in [1.29, 1.82) is 0 Å². The molecule has 0 radical (unpaired) electrons. The zero-order valence-electron chi connectivity index (χ0n) is 17.3. The fourth-order valence-corrected chi connectivity index (χ4v) is 4.18. The van der Waals surface area contributed by atoms with Gasteiger partial charge in [-0.25, -0.2) is 0 Å². The summed E-state index contributed by atoms with van der Waals surface area (Å²) < 4.78 is 21.4. The first-order chi connectivity index (χ1) is 14.5. The van der Waals surface area contributed by atoms with E-state index in [2.05, 4.69) is 15.5 Å². The van der Waals surface area contributed by atoms with Crippen LogP contribution in [-0.4, -0.2) is 37.4 Å². The summed E-state index contributed by atoms with van der Waals surface area (Å²) in [6.45, 7) is 1.94. The Hall–Kier alpha value is -3.07. The highest BCUT2D eigenvalue weighted by Gasteiger charge is 2.26. The molecular weight excluding hydrogens is 406 g/mol. The van der Waals surface area contributed by atoms with Gasteiger partial charge < -0.3 is 24.1 Å². The molecule has 1 amide bonds. The zero-order valence-corrected chi connectivity index (χ0v) is 18.1. The number of rotatable bonds is 7. The molecule has 1 aliphatic carbocycles. The number of benzene rings is 1. The van der Waals surface area contributed by atoms with Crippen LogP contribution in [0.3, 0.4) is 0 Å². The fourth-order valence-electron chi connectivity index (χ4n) is 3.28. The van der Waals surface area contributed by atoms with E-state index in [-0.39, 0.29) is 5.91 Å². The van der Waals surface area contributed by atoms with Gasteiger partial charge in [-0.2, -0.15) is 4.98 Å². The molecule has 0 unspecified atom stereocenters. The second kappa shape index (κ2) is 8.35. The summed E-state index contributed by atoms with van der Waals surface area (Å²) in [5, 5.41) is 7.05. The predicted octanol–water partition coefficient (Wildman–Crippen LogP) is 4.65. The molecule has 1 fully saturated rings. The monoisotopic (exact) mass is 429 g/mol. The third-order valence-corrected chi connectivity index (χ3v) is 6.26. The average Bonchev–Trinajstić information content (AvgIpc) is 3.32. The molecule has 0 aliphatic heterocycles. The molecule has 1 aromatic carbocycles. The lowest BCUT2D eigenvalue weighted by Gasteiger charge is -2.20. The molecule has 1 saturated carbocycles. The van der Waals surface area contributed by atoms with E-state index in [0.29, 0.717) is 46.1 Å².